The lowest BCUT2D eigenvalue weighted by molar-refractivity contribution is -0.133. The molecular formula is C31H41ClN4O5. The Balaban J connectivity index is 1.58. The first-order valence-electron chi connectivity index (χ1n) is 14.4. The van der Waals surface area contributed by atoms with Crippen LogP contribution >= 0.6 is 11.6 Å². The number of rotatable bonds is 5. The Bertz CT molecular complexity index is 1200. The third-order valence-corrected chi connectivity index (χ3v) is 7.72. The highest BCUT2D eigenvalue weighted by atomic mass is 35.5. The Kier molecular flexibility index (Phi) is 11.0. The van der Waals surface area contributed by atoms with Crippen LogP contribution in [0.3, 0.4) is 0 Å². The van der Waals surface area contributed by atoms with Gasteiger partial charge in [-0.2, -0.15) is 0 Å². The summed E-state index contributed by atoms with van der Waals surface area (Å²) in [6, 6.07) is 12.5. The van der Waals surface area contributed by atoms with Crippen molar-refractivity contribution in [3.8, 4) is 5.75 Å². The van der Waals surface area contributed by atoms with E-state index in [2.05, 4.69) is 21.3 Å². The van der Waals surface area contributed by atoms with E-state index in [9.17, 15) is 19.5 Å². The molecule has 10 heteroatoms. The quantitative estimate of drug-likeness (QED) is 0.367. The summed E-state index contributed by atoms with van der Waals surface area (Å²) in [5, 5.41) is 23.2. The van der Waals surface area contributed by atoms with Crippen LogP contribution in [0.2, 0.25) is 5.02 Å². The highest BCUT2D eigenvalue weighted by Gasteiger charge is 2.34. The van der Waals surface area contributed by atoms with Gasteiger partial charge in [0.15, 0.2) is 0 Å². The monoisotopic (exact) mass is 584 g/mol. The number of aliphatic hydroxyl groups excluding tert-OH is 1. The van der Waals surface area contributed by atoms with E-state index in [0.717, 1.165) is 24.0 Å². The Morgan fingerprint density at radius 1 is 0.976 bits per heavy atom. The average molecular weight is 585 g/mol. The number of amides is 3. The zero-order valence-corrected chi connectivity index (χ0v) is 24.5. The minimum Gasteiger partial charge on any atom is -0.492 e. The fourth-order valence-electron chi connectivity index (χ4n) is 5.00. The predicted molar refractivity (Wildman–Crippen MR) is 158 cm³/mol. The molecule has 4 atom stereocenters. The second-order valence-electron chi connectivity index (χ2n) is 11.4. The Morgan fingerprint density at radius 3 is 2.49 bits per heavy atom. The van der Waals surface area contributed by atoms with Gasteiger partial charge in [0.1, 0.15) is 24.4 Å². The van der Waals surface area contributed by atoms with Crippen molar-refractivity contribution in [2.24, 2.45) is 11.8 Å². The third kappa shape index (κ3) is 9.45. The van der Waals surface area contributed by atoms with Crippen molar-refractivity contribution in [3.05, 3.63) is 64.7 Å². The van der Waals surface area contributed by atoms with Crippen LogP contribution in [-0.4, -0.2) is 66.8 Å². The molecule has 222 valence electrons. The number of fused-ring (bicyclic) bond motifs is 1. The molecule has 2 aromatic carbocycles. The van der Waals surface area contributed by atoms with Crippen molar-refractivity contribution in [2.75, 3.05) is 19.7 Å². The lowest BCUT2D eigenvalue weighted by atomic mass is 10.00. The van der Waals surface area contributed by atoms with E-state index >= 15 is 0 Å². The van der Waals surface area contributed by atoms with Crippen LogP contribution in [0.4, 0.5) is 0 Å². The molecule has 0 unspecified atom stereocenters. The van der Waals surface area contributed by atoms with Gasteiger partial charge in [-0.15, -0.1) is 0 Å². The Hall–Kier alpha value is -3.14. The standard InChI is InChI=1S/C31H41ClN4O5/c1-19(2)28-31(40)35-26(15-20-10-11-20)29(38)34-18-24(37)17-22-7-3-4-9-27(22)41-13-12-33-25(30(39)36-28)16-21-6-5-8-23(32)14-21/h3-9,14,19-20,24-26,28,33,37H,10-13,15-18H2,1-2H3,(H,34,38)(H,35,40)(H,36,39)/t24-,25+,26-,28+/m0/s1. The largest absolute Gasteiger partial charge is 0.492 e. The highest BCUT2D eigenvalue weighted by Crippen LogP contribution is 2.33. The molecule has 9 nitrogen and oxygen atoms in total. The summed E-state index contributed by atoms with van der Waals surface area (Å²) in [5.74, 6) is -0.292. The summed E-state index contributed by atoms with van der Waals surface area (Å²) in [5.41, 5.74) is 1.69. The summed E-state index contributed by atoms with van der Waals surface area (Å²) in [4.78, 5) is 40.2. The van der Waals surface area contributed by atoms with Gasteiger partial charge < -0.3 is 31.1 Å². The molecular weight excluding hydrogens is 544 g/mol. The van der Waals surface area contributed by atoms with Crippen LogP contribution in [0.25, 0.3) is 0 Å². The molecule has 2 aromatic rings. The van der Waals surface area contributed by atoms with E-state index < -0.39 is 30.1 Å². The summed E-state index contributed by atoms with van der Waals surface area (Å²) >= 11 is 6.20. The molecule has 1 heterocycles. The maximum atomic E-state index is 13.6. The Labute approximate surface area is 246 Å². The number of hydrogen-bond donors (Lipinski definition) is 5. The van der Waals surface area contributed by atoms with E-state index in [1.807, 2.05) is 56.3 Å². The average Bonchev–Trinajstić information content (AvgIpc) is 3.76. The van der Waals surface area contributed by atoms with Crippen molar-refractivity contribution in [2.45, 2.75) is 70.2 Å². The summed E-state index contributed by atoms with van der Waals surface area (Å²) < 4.78 is 6.02. The van der Waals surface area contributed by atoms with Crippen molar-refractivity contribution >= 4 is 29.3 Å². The molecule has 5 N–H and O–H groups in total. The zero-order valence-electron chi connectivity index (χ0n) is 23.7. The molecule has 4 rings (SSSR count). The second kappa shape index (κ2) is 14.7. The molecule has 3 amide bonds. The van der Waals surface area contributed by atoms with E-state index in [-0.39, 0.29) is 30.9 Å². The third-order valence-electron chi connectivity index (χ3n) is 7.48. The van der Waals surface area contributed by atoms with Gasteiger partial charge in [-0.1, -0.05) is 68.6 Å². The molecule has 1 aliphatic heterocycles. The van der Waals surface area contributed by atoms with E-state index in [1.165, 1.54) is 0 Å². The van der Waals surface area contributed by atoms with Crippen LogP contribution in [0.1, 0.15) is 44.2 Å². The molecule has 1 saturated carbocycles. The number of halogens is 1. The molecule has 0 radical (unpaired) electrons. The van der Waals surface area contributed by atoms with Gasteiger partial charge in [0.05, 0.1) is 12.1 Å². The van der Waals surface area contributed by atoms with Crippen molar-refractivity contribution in [1.82, 2.24) is 21.3 Å². The van der Waals surface area contributed by atoms with Crippen LogP contribution < -0.4 is 26.0 Å². The SMILES string of the molecule is CC(C)[C@H]1NC(=O)[C@@H](Cc2cccc(Cl)c2)NCCOc2ccccc2C[C@H](O)CNC(=O)[C@H](CC2CC2)NC1=O. The van der Waals surface area contributed by atoms with Crippen LogP contribution in [-0.2, 0) is 27.2 Å². The number of hydrogen-bond acceptors (Lipinski definition) is 6. The smallest absolute Gasteiger partial charge is 0.243 e. The topological polar surface area (TPSA) is 129 Å². The molecule has 41 heavy (non-hydrogen) atoms. The van der Waals surface area contributed by atoms with Crippen LogP contribution in [0.15, 0.2) is 48.5 Å². The van der Waals surface area contributed by atoms with Crippen molar-refractivity contribution < 1.29 is 24.2 Å². The summed E-state index contributed by atoms with van der Waals surface area (Å²) in [6.07, 6.45) is 2.36. The number of aliphatic hydroxyl groups is 1. The molecule has 0 spiro atoms. The van der Waals surface area contributed by atoms with Crippen molar-refractivity contribution in [3.63, 3.8) is 0 Å². The predicted octanol–water partition coefficient (Wildman–Crippen LogP) is 2.38. The number of benzene rings is 2. The number of para-hydroxylation sites is 1. The van der Waals surface area contributed by atoms with Gasteiger partial charge in [-0.05, 0) is 54.0 Å². The lowest BCUT2D eigenvalue weighted by Gasteiger charge is -2.28. The molecule has 0 aromatic heterocycles. The lowest BCUT2D eigenvalue weighted by Crippen LogP contribution is -2.58. The van der Waals surface area contributed by atoms with Crippen LogP contribution in [0, 0.1) is 11.8 Å². The normalized spacial score (nSPS) is 25.1. The number of nitrogens with one attached hydrogen (secondary N) is 4. The number of ether oxygens (including phenoxy) is 1. The van der Waals surface area contributed by atoms with Crippen LogP contribution in [0.5, 0.6) is 5.75 Å². The number of carbonyl (C=O) groups excluding carboxylic acids is 3. The fraction of sp³-hybridized carbons (Fsp3) is 0.516. The second-order valence-corrected chi connectivity index (χ2v) is 11.8. The molecule has 2 aliphatic rings. The first-order chi connectivity index (χ1) is 19.7. The first-order valence-corrected chi connectivity index (χ1v) is 14.8. The van der Waals surface area contributed by atoms with Gasteiger partial charge in [-0.3, -0.25) is 14.4 Å². The van der Waals surface area contributed by atoms with Gasteiger partial charge in [0, 0.05) is 24.5 Å². The van der Waals surface area contributed by atoms with Gasteiger partial charge >= 0.3 is 0 Å². The van der Waals surface area contributed by atoms with E-state index in [0.29, 0.717) is 42.5 Å². The molecule has 1 aliphatic carbocycles. The zero-order chi connectivity index (χ0) is 29.4. The molecule has 1 fully saturated rings. The highest BCUT2D eigenvalue weighted by molar-refractivity contribution is 6.30. The van der Waals surface area contributed by atoms with E-state index in [1.54, 1.807) is 6.07 Å². The molecule has 0 saturated heterocycles. The van der Waals surface area contributed by atoms with Crippen molar-refractivity contribution in [1.29, 1.82) is 0 Å². The minimum absolute atomic E-state index is 0.0429. The summed E-state index contributed by atoms with van der Waals surface area (Å²) in [6.45, 7) is 4.40. The fourth-order valence-corrected chi connectivity index (χ4v) is 5.21. The summed E-state index contributed by atoms with van der Waals surface area (Å²) in [7, 11) is 0. The molecule has 0 bridgehead atoms. The van der Waals surface area contributed by atoms with Gasteiger partial charge in [0.2, 0.25) is 17.7 Å². The maximum absolute atomic E-state index is 13.6. The number of carbonyl (C=O) groups is 3. The number of β-amino-alcohol motifs (C(OH)–C–C–N with tert-alkyl or cyclic N) is 1. The van der Waals surface area contributed by atoms with E-state index in [4.69, 9.17) is 16.3 Å². The van der Waals surface area contributed by atoms with Gasteiger partial charge in [-0.25, -0.2) is 0 Å². The minimum atomic E-state index is -0.840. The Morgan fingerprint density at radius 2 is 1.76 bits per heavy atom. The maximum Gasteiger partial charge on any atom is 0.243 e. The first kappa shape index (κ1) is 30.8. The van der Waals surface area contributed by atoms with Gasteiger partial charge in [0.25, 0.3) is 0 Å².